The molecular formula is C23H23F2N3O5S. The number of alkyl halides is 2. The molecule has 0 aromatic heterocycles. The zero-order valence-electron chi connectivity index (χ0n) is 18.3. The number of hydrogen-bond donors (Lipinski definition) is 1. The maximum Gasteiger partial charge on any atom is 0.387 e. The molecule has 1 aliphatic rings. The van der Waals surface area contributed by atoms with Crippen molar-refractivity contribution >= 4 is 27.7 Å². The van der Waals surface area contributed by atoms with Crippen molar-refractivity contribution in [3.63, 3.8) is 0 Å². The van der Waals surface area contributed by atoms with E-state index in [1.165, 1.54) is 53.9 Å². The van der Waals surface area contributed by atoms with Crippen LogP contribution in [0, 0.1) is 11.3 Å². The molecule has 0 aliphatic carbocycles. The van der Waals surface area contributed by atoms with Crippen molar-refractivity contribution in [1.29, 1.82) is 5.26 Å². The van der Waals surface area contributed by atoms with E-state index < -0.39 is 28.1 Å². The third-order valence-corrected chi connectivity index (χ3v) is 7.04. The molecule has 3 rings (SSSR count). The Morgan fingerprint density at radius 3 is 2.53 bits per heavy atom. The lowest BCUT2D eigenvalue weighted by molar-refractivity contribution is -0.112. The Bertz CT molecular complexity index is 1220. The fraction of sp³-hybridized carbons (Fsp3) is 0.304. The summed E-state index contributed by atoms with van der Waals surface area (Å²) in [7, 11) is -2.45. The summed E-state index contributed by atoms with van der Waals surface area (Å²) < 4.78 is 62.5. The number of piperidine rings is 1. The number of methoxy groups -OCH3 is 1. The van der Waals surface area contributed by atoms with Crippen molar-refractivity contribution in [3.8, 4) is 17.6 Å². The van der Waals surface area contributed by atoms with E-state index in [1.807, 2.05) is 0 Å². The second kappa shape index (κ2) is 11.1. The van der Waals surface area contributed by atoms with Gasteiger partial charge in [0.05, 0.1) is 12.0 Å². The van der Waals surface area contributed by atoms with E-state index in [0.717, 1.165) is 25.3 Å². The van der Waals surface area contributed by atoms with Gasteiger partial charge in [-0.05, 0) is 43.2 Å². The first-order chi connectivity index (χ1) is 16.3. The first kappa shape index (κ1) is 25.1. The smallest absolute Gasteiger partial charge is 0.387 e. The van der Waals surface area contributed by atoms with Gasteiger partial charge in [-0.1, -0.05) is 24.6 Å². The highest BCUT2D eigenvalue weighted by atomic mass is 32.2. The lowest BCUT2D eigenvalue weighted by Crippen LogP contribution is -2.35. The molecule has 1 saturated heterocycles. The summed E-state index contributed by atoms with van der Waals surface area (Å²) in [6.45, 7) is -2.28. The SMILES string of the molecule is COc1cccc(/C=C(\C#N)C(=O)Nc2cccc(S(=O)(=O)N3CCCCC3)c2)c1OC(F)F. The number of anilines is 1. The van der Waals surface area contributed by atoms with Gasteiger partial charge < -0.3 is 14.8 Å². The third-order valence-electron chi connectivity index (χ3n) is 5.15. The summed E-state index contributed by atoms with van der Waals surface area (Å²) in [5.74, 6) is -1.17. The minimum absolute atomic E-state index is 0.00219. The Hall–Kier alpha value is -3.49. The van der Waals surface area contributed by atoms with Crippen LogP contribution in [0.15, 0.2) is 52.9 Å². The first-order valence-corrected chi connectivity index (χ1v) is 11.9. The van der Waals surface area contributed by atoms with E-state index in [2.05, 4.69) is 10.1 Å². The summed E-state index contributed by atoms with van der Waals surface area (Å²) in [6.07, 6.45) is 3.63. The Kier molecular flexibility index (Phi) is 8.20. The Balaban J connectivity index is 1.86. The lowest BCUT2D eigenvalue weighted by atomic mass is 10.1. The normalized spacial score (nSPS) is 15.0. The van der Waals surface area contributed by atoms with Crippen LogP contribution in [-0.2, 0) is 14.8 Å². The number of ether oxygens (including phenoxy) is 2. The van der Waals surface area contributed by atoms with E-state index in [1.54, 1.807) is 6.07 Å². The predicted octanol–water partition coefficient (Wildman–Crippen LogP) is 4.02. The fourth-order valence-corrected chi connectivity index (χ4v) is 5.08. The van der Waals surface area contributed by atoms with Gasteiger partial charge in [-0.2, -0.15) is 18.3 Å². The summed E-state index contributed by atoms with van der Waals surface area (Å²) in [6, 6.07) is 11.7. The number of nitrogens with zero attached hydrogens (tertiary/aromatic N) is 2. The van der Waals surface area contributed by atoms with Gasteiger partial charge in [0.1, 0.15) is 11.6 Å². The van der Waals surface area contributed by atoms with Crippen LogP contribution in [0.1, 0.15) is 24.8 Å². The van der Waals surface area contributed by atoms with Crippen LogP contribution in [0.4, 0.5) is 14.5 Å². The molecule has 0 unspecified atom stereocenters. The maximum absolute atomic E-state index is 12.9. The van der Waals surface area contributed by atoms with Gasteiger partial charge in [-0.3, -0.25) is 4.79 Å². The highest BCUT2D eigenvalue weighted by Crippen LogP contribution is 2.34. The number of rotatable bonds is 8. The summed E-state index contributed by atoms with van der Waals surface area (Å²) in [4.78, 5) is 12.7. The summed E-state index contributed by atoms with van der Waals surface area (Å²) >= 11 is 0. The van der Waals surface area contributed by atoms with E-state index in [9.17, 15) is 27.3 Å². The number of benzene rings is 2. The van der Waals surface area contributed by atoms with Crippen LogP contribution in [0.2, 0.25) is 0 Å². The average molecular weight is 492 g/mol. The van der Waals surface area contributed by atoms with E-state index in [4.69, 9.17) is 4.74 Å². The highest BCUT2D eigenvalue weighted by Gasteiger charge is 2.26. The third kappa shape index (κ3) is 5.89. The molecule has 0 bridgehead atoms. The van der Waals surface area contributed by atoms with Gasteiger partial charge >= 0.3 is 6.61 Å². The van der Waals surface area contributed by atoms with Gasteiger partial charge in [0, 0.05) is 24.3 Å². The monoisotopic (exact) mass is 491 g/mol. The molecular weight excluding hydrogens is 468 g/mol. The minimum Gasteiger partial charge on any atom is -0.493 e. The number of carbonyl (C=O) groups is 1. The van der Waals surface area contributed by atoms with Gasteiger partial charge in [-0.15, -0.1) is 0 Å². The molecule has 11 heteroatoms. The second-order valence-corrected chi connectivity index (χ2v) is 9.31. The predicted molar refractivity (Wildman–Crippen MR) is 121 cm³/mol. The van der Waals surface area contributed by atoms with E-state index >= 15 is 0 Å². The lowest BCUT2D eigenvalue weighted by Gasteiger charge is -2.26. The number of nitriles is 1. The number of sulfonamides is 1. The van der Waals surface area contributed by atoms with Crippen molar-refractivity contribution in [2.24, 2.45) is 0 Å². The zero-order chi connectivity index (χ0) is 24.7. The van der Waals surface area contributed by atoms with Gasteiger partial charge in [-0.25, -0.2) is 8.42 Å². The van der Waals surface area contributed by atoms with Crippen molar-refractivity contribution in [1.82, 2.24) is 4.31 Å². The number of para-hydroxylation sites is 1. The second-order valence-electron chi connectivity index (χ2n) is 7.37. The number of hydrogen-bond acceptors (Lipinski definition) is 6. The van der Waals surface area contributed by atoms with Crippen LogP contribution in [0.25, 0.3) is 6.08 Å². The van der Waals surface area contributed by atoms with E-state index in [0.29, 0.717) is 13.1 Å². The van der Waals surface area contributed by atoms with Crippen LogP contribution in [-0.4, -0.2) is 45.4 Å². The largest absolute Gasteiger partial charge is 0.493 e. The molecule has 0 atom stereocenters. The molecule has 180 valence electrons. The molecule has 0 spiro atoms. The molecule has 0 radical (unpaired) electrons. The van der Waals surface area contributed by atoms with Crippen LogP contribution in [0.3, 0.4) is 0 Å². The molecule has 1 amide bonds. The Morgan fingerprint density at radius 2 is 1.88 bits per heavy atom. The number of carbonyl (C=O) groups excluding carboxylic acids is 1. The maximum atomic E-state index is 12.9. The van der Waals surface area contributed by atoms with Crippen molar-refractivity contribution in [2.45, 2.75) is 30.8 Å². The van der Waals surface area contributed by atoms with Gasteiger partial charge in [0.2, 0.25) is 10.0 Å². The topological polar surface area (TPSA) is 109 Å². The number of nitrogens with one attached hydrogen (secondary N) is 1. The molecule has 1 heterocycles. The molecule has 8 nitrogen and oxygen atoms in total. The quantitative estimate of drug-likeness (QED) is 0.441. The van der Waals surface area contributed by atoms with Crippen molar-refractivity contribution in [2.75, 3.05) is 25.5 Å². The number of halogens is 2. The van der Waals surface area contributed by atoms with Crippen LogP contribution in [0.5, 0.6) is 11.5 Å². The summed E-state index contributed by atoms with van der Waals surface area (Å²) in [5, 5.41) is 12.0. The van der Waals surface area contributed by atoms with Crippen molar-refractivity contribution < 1.29 is 31.5 Å². The summed E-state index contributed by atoms with van der Waals surface area (Å²) in [5.41, 5.74) is -0.205. The first-order valence-electron chi connectivity index (χ1n) is 10.4. The highest BCUT2D eigenvalue weighted by molar-refractivity contribution is 7.89. The standard InChI is InChI=1S/C23H23F2N3O5S/c1-32-20-10-5-7-16(21(20)33-23(24)25)13-17(15-26)22(29)27-18-8-6-9-19(14-18)34(30,31)28-11-3-2-4-12-28/h5-10,13-14,23H,2-4,11-12H2,1H3,(H,27,29)/b17-13+. The van der Waals surface area contributed by atoms with E-state index in [-0.39, 0.29) is 27.6 Å². The van der Waals surface area contributed by atoms with Crippen LogP contribution < -0.4 is 14.8 Å². The Labute approximate surface area is 196 Å². The molecule has 2 aromatic carbocycles. The molecule has 1 N–H and O–H groups in total. The fourth-order valence-electron chi connectivity index (χ4n) is 3.51. The zero-order valence-corrected chi connectivity index (χ0v) is 19.1. The average Bonchev–Trinajstić information content (AvgIpc) is 2.83. The molecule has 0 saturated carbocycles. The molecule has 2 aromatic rings. The van der Waals surface area contributed by atoms with Crippen molar-refractivity contribution in [3.05, 3.63) is 53.6 Å². The minimum atomic E-state index is -3.72. The molecule has 1 aliphatic heterocycles. The van der Waals surface area contributed by atoms with Crippen LogP contribution >= 0.6 is 0 Å². The Morgan fingerprint density at radius 1 is 1.18 bits per heavy atom. The van der Waals surface area contributed by atoms with Gasteiger partial charge in [0.25, 0.3) is 5.91 Å². The van der Waals surface area contributed by atoms with Gasteiger partial charge in [0.15, 0.2) is 11.5 Å². The molecule has 1 fully saturated rings. The molecule has 34 heavy (non-hydrogen) atoms. The number of amides is 1.